The molecule has 0 saturated heterocycles. The molecule has 0 aliphatic heterocycles. The van der Waals surface area contributed by atoms with Gasteiger partial charge in [0, 0.05) is 12.1 Å². The zero-order valence-corrected chi connectivity index (χ0v) is 13.9. The van der Waals surface area contributed by atoms with Crippen LogP contribution >= 0.6 is 0 Å². The number of hydrogen-bond donors (Lipinski definition) is 2. The van der Waals surface area contributed by atoms with E-state index >= 15 is 0 Å². The molecule has 2 fully saturated rings. The Morgan fingerprint density at radius 1 is 1.19 bits per heavy atom. The van der Waals surface area contributed by atoms with Crippen LogP contribution in [0, 0.1) is 0 Å². The number of carbonyl (C=O) groups excluding carboxylic acids is 1. The minimum atomic E-state index is -0.470. The molecule has 122 valence electrons. The summed E-state index contributed by atoms with van der Waals surface area (Å²) < 4.78 is 0. The fraction of sp³-hybridized carbons (Fsp3) is 0.941. The molecule has 2 rings (SSSR count). The van der Waals surface area contributed by atoms with Crippen molar-refractivity contribution in [2.24, 2.45) is 5.73 Å². The van der Waals surface area contributed by atoms with E-state index in [0.29, 0.717) is 12.1 Å². The van der Waals surface area contributed by atoms with Gasteiger partial charge in [0.25, 0.3) is 0 Å². The maximum absolute atomic E-state index is 12.1. The van der Waals surface area contributed by atoms with Gasteiger partial charge < -0.3 is 16.0 Å². The lowest BCUT2D eigenvalue weighted by Gasteiger charge is -2.45. The zero-order valence-electron chi connectivity index (χ0n) is 13.9. The van der Waals surface area contributed by atoms with Crippen LogP contribution in [0.15, 0.2) is 0 Å². The number of hydrogen-bond acceptors (Lipinski definition) is 3. The quantitative estimate of drug-likeness (QED) is 0.791. The molecule has 0 aromatic heterocycles. The molecule has 1 amide bonds. The van der Waals surface area contributed by atoms with Crippen LogP contribution in [0.2, 0.25) is 0 Å². The fourth-order valence-corrected chi connectivity index (χ4v) is 4.22. The molecule has 4 nitrogen and oxygen atoms in total. The first-order valence-electron chi connectivity index (χ1n) is 8.86. The van der Waals surface area contributed by atoms with Crippen LogP contribution in [-0.4, -0.2) is 42.0 Å². The third kappa shape index (κ3) is 3.98. The zero-order chi connectivity index (χ0) is 15.3. The molecule has 0 bridgehead atoms. The van der Waals surface area contributed by atoms with E-state index in [1.165, 1.54) is 38.5 Å². The third-order valence-electron chi connectivity index (χ3n) is 5.64. The largest absolute Gasteiger partial charge is 0.368 e. The molecule has 2 saturated carbocycles. The van der Waals surface area contributed by atoms with Crippen molar-refractivity contribution >= 4 is 5.91 Å². The van der Waals surface area contributed by atoms with Gasteiger partial charge in [-0.15, -0.1) is 0 Å². The summed E-state index contributed by atoms with van der Waals surface area (Å²) in [6.07, 6.45) is 11.9. The van der Waals surface area contributed by atoms with E-state index in [-0.39, 0.29) is 5.91 Å². The number of nitrogens with zero attached hydrogens (tertiary/aromatic N) is 1. The minimum Gasteiger partial charge on any atom is -0.368 e. The maximum atomic E-state index is 12.1. The molecule has 0 spiro atoms. The molecule has 2 aliphatic rings. The lowest BCUT2D eigenvalue weighted by Crippen LogP contribution is -2.61. The summed E-state index contributed by atoms with van der Waals surface area (Å²) in [5.41, 5.74) is 5.29. The number of rotatable bonds is 6. The molecule has 3 N–H and O–H groups in total. The second-order valence-corrected chi connectivity index (χ2v) is 7.08. The van der Waals surface area contributed by atoms with Crippen molar-refractivity contribution in [2.75, 3.05) is 13.6 Å². The van der Waals surface area contributed by atoms with Gasteiger partial charge in [0.05, 0.1) is 5.54 Å². The smallest absolute Gasteiger partial charge is 0.237 e. The fourth-order valence-electron chi connectivity index (χ4n) is 4.22. The number of carbonyl (C=O) groups is 1. The second kappa shape index (κ2) is 7.59. The molecular formula is C17H33N3O. The maximum Gasteiger partial charge on any atom is 0.237 e. The Balaban J connectivity index is 2.01. The van der Waals surface area contributed by atoms with E-state index in [1.807, 2.05) is 0 Å². The summed E-state index contributed by atoms with van der Waals surface area (Å²) in [6.45, 7) is 3.01. The van der Waals surface area contributed by atoms with E-state index in [4.69, 9.17) is 5.73 Å². The summed E-state index contributed by atoms with van der Waals surface area (Å²) in [5.74, 6) is -0.155. The summed E-state index contributed by atoms with van der Waals surface area (Å²) in [5, 5.41) is 3.47. The van der Waals surface area contributed by atoms with Crippen molar-refractivity contribution in [3.8, 4) is 0 Å². The van der Waals surface area contributed by atoms with E-state index in [2.05, 4.69) is 24.2 Å². The standard InChI is InChI=1S/C17H33N3O/c1-3-12-19-17(16(18)21)11-7-10-15(13-17)20(2)14-8-5-4-6-9-14/h14-15,19H,3-13H2,1-2H3,(H2,18,21). The number of nitrogens with one attached hydrogen (secondary N) is 1. The third-order valence-corrected chi connectivity index (χ3v) is 5.64. The average Bonchev–Trinajstić information content (AvgIpc) is 2.53. The van der Waals surface area contributed by atoms with Crippen LogP contribution in [0.4, 0.5) is 0 Å². The van der Waals surface area contributed by atoms with Crippen LogP contribution in [0.1, 0.15) is 71.1 Å². The Kier molecular flexibility index (Phi) is 6.06. The highest BCUT2D eigenvalue weighted by Gasteiger charge is 2.42. The monoisotopic (exact) mass is 295 g/mol. The highest BCUT2D eigenvalue weighted by atomic mass is 16.1. The van der Waals surface area contributed by atoms with E-state index < -0.39 is 5.54 Å². The van der Waals surface area contributed by atoms with Crippen molar-refractivity contribution in [3.05, 3.63) is 0 Å². The molecule has 0 aromatic carbocycles. The lowest BCUT2D eigenvalue weighted by atomic mass is 9.77. The average molecular weight is 295 g/mol. The Bertz CT molecular complexity index is 341. The van der Waals surface area contributed by atoms with Crippen molar-refractivity contribution in [2.45, 2.75) is 88.8 Å². The first kappa shape index (κ1) is 16.8. The molecule has 0 radical (unpaired) electrons. The van der Waals surface area contributed by atoms with Gasteiger partial charge in [0.15, 0.2) is 0 Å². The van der Waals surface area contributed by atoms with Gasteiger partial charge in [-0.3, -0.25) is 4.79 Å². The van der Waals surface area contributed by atoms with Crippen molar-refractivity contribution < 1.29 is 4.79 Å². The number of amides is 1. The van der Waals surface area contributed by atoms with E-state index in [0.717, 1.165) is 32.2 Å². The molecule has 2 aliphatic carbocycles. The Morgan fingerprint density at radius 2 is 1.86 bits per heavy atom. The highest BCUT2D eigenvalue weighted by Crippen LogP contribution is 2.34. The number of primary amides is 1. The Labute approximate surface area is 129 Å². The predicted molar refractivity (Wildman–Crippen MR) is 87.1 cm³/mol. The molecule has 0 aromatic rings. The van der Waals surface area contributed by atoms with Gasteiger partial charge in [-0.1, -0.05) is 26.2 Å². The van der Waals surface area contributed by atoms with Crippen LogP contribution in [0.3, 0.4) is 0 Å². The first-order chi connectivity index (χ1) is 10.1. The van der Waals surface area contributed by atoms with Gasteiger partial charge >= 0.3 is 0 Å². The minimum absolute atomic E-state index is 0.155. The lowest BCUT2D eigenvalue weighted by molar-refractivity contribution is -0.127. The van der Waals surface area contributed by atoms with Crippen LogP contribution < -0.4 is 11.1 Å². The van der Waals surface area contributed by atoms with Crippen LogP contribution in [0.25, 0.3) is 0 Å². The van der Waals surface area contributed by atoms with Crippen molar-refractivity contribution in [3.63, 3.8) is 0 Å². The second-order valence-electron chi connectivity index (χ2n) is 7.08. The van der Waals surface area contributed by atoms with Gasteiger partial charge in [-0.2, -0.15) is 0 Å². The number of nitrogens with two attached hydrogens (primary N) is 1. The van der Waals surface area contributed by atoms with E-state index in [1.54, 1.807) is 0 Å². The molecule has 4 heteroatoms. The normalized spacial score (nSPS) is 31.5. The van der Waals surface area contributed by atoms with Gasteiger partial charge in [0.1, 0.15) is 0 Å². The van der Waals surface area contributed by atoms with Crippen molar-refractivity contribution in [1.82, 2.24) is 10.2 Å². The van der Waals surface area contributed by atoms with Gasteiger partial charge in [0.2, 0.25) is 5.91 Å². The highest BCUT2D eigenvalue weighted by molar-refractivity contribution is 5.84. The van der Waals surface area contributed by atoms with Gasteiger partial charge in [-0.25, -0.2) is 0 Å². The van der Waals surface area contributed by atoms with Crippen LogP contribution in [0.5, 0.6) is 0 Å². The van der Waals surface area contributed by atoms with Gasteiger partial charge in [-0.05, 0) is 58.5 Å². The SMILES string of the molecule is CCCNC1(C(N)=O)CCCC(N(C)C2CCCCC2)C1. The summed E-state index contributed by atoms with van der Waals surface area (Å²) in [6, 6.07) is 1.21. The van der Waals surface area contributed by atoms with E-state index in [9.17, 15) is 4.79 Å². The Hall–Kier alpha value is -0.610. The molecule has 2 unspecified atom stereocenters. The van der Waals surface area contributed by atoms with Crippen LogP contribution in [-0.2, 0) is 4.79 Å². The predicted octanol–water partition coefficient (Wildman–Crippen LogP) is 2.42. The molecule has 21 heavy (non-hydrogen) atoms. The summed E-state index contributed by atoms with van der Waals surface area (Å²) in [7, 11) is 2.26. The topological polar surface area (TPSA) is 58.4 Å². The first-order valence-corrected chi connectivity index (χ1v) is 8.86. The summed E-state index contributed by atoms with van der Waals surface area (Å²) >= 11 is 0. The molecule has 0 heterocycles. The molecule has 2 atom stereocenters. The molecular weight excluding hydrogens is 262 g/mol. The van der Waals surface area contributed by atoms with Crippen molar-refractivity contribution in [1.29, 1.82) is 0 Å². The Morgan fingerprint density at radius 3 is 2.48 bits per heavy atom. The summed E-state index contributed by atoms with van der Waals surface area (Å²) in [4.78, 5) is 14.6.